The molecule has 16 heavy (non-hydrogen) atoms. The Bertz CT molecular complexity index is 458. The maximum Gasteiger partial charge on any atom is 0.246 e. The highest BCUT2D eigenvalue weighted by Crippen LogP contribution is 2.29. The van der Waals surface area contributed by atoms with Crippen LogP contribution in [0, 0.1) is 0 Å². The van der Waals surface area contributed by atoms with Crippen molar-refractivity contribution in [2.24, 2.45) is 0 Å². The third-order valence-corrected chi connectivity index (χ3v) is 4.92. The van der Waals surface area contributed by atoms with Gasteiger partial charge in [0.05, 0.1) is 18.4 Å². The van der Waals surface area contributed by atoms with Gasteiger partial charge in [0.15, 0.2) is 0 Å². The van der Waals surface area contributed by atoms with E-state index in [9.17, 15) is 8.42 Å². The monoisotopic (exact) mass is 243 g/mol. The molecule has 1 N–H and O–H groups in total. The summed E-state index contributed by atoms with van der Waals surface area (Å²) >= 11 is 0. The number of hydrogen-bond acceptors (Lipinski definition) is 4. The maximum absolute atomic E-state index is 12.2. The first-order chi connectivity index (χ1) is 7.66. The molecule has 88 valence electrons. The van der Waals surface area contributed by atoms with Gasteiger partial charge < -0.3 is 4.74 Å². The lowest BCUT2D eigenvalue weighted by atomic mass is 10.2. The Balaban J connectivity index is 1.88. The van der Waals surface area contributed by atoms with Crippen LogP contribution in [0.3, 0.4) is 0 Å². The molecule has 2 aliphatic heterocycles. The van der Waals surface area contributed by atoms with Gasteiger partial charge in [0.2, 0.25) is 10.0 Å². The van der Waals surface area contributed by atoms with Crippen molar-refractivity contribution < 1.29 is 13.2 Å². The first-order valence-corrected chi connectivity index (χ1v) is 6.74. The van der Waals surface area contributed by atoms with Crippen molar-refractivity contribution in [2.45, 2.75) is 29.9 Å². The molecule has 2 unspecified atom stereocenters. The molecule has 7 heteroatoms. The molecule has 2 bridgehead atoms. The summed E-state index contributed by atoms with van der Waals surface area (Å²) in [6.07, 6.45) is 4.81. The van der Waals surface area contributed by atoms with Gasteiger partial charge in [0.1, 0.15) is 4.90 Å². The van der Waals surface area contributed by atoms with E-state index in [1.54, 1.807) is 0 Å². The van der Waals surface area contributed by atoms with E-state index in [1.165, 1.54) is 16.7 Å². The van der Waals surface area contributed by atoms with Gasteiger partial charge >= 0.3 is 0 Å². The summed E-state index contributed by atoms with van der Waals surface area (Å²) in [7, 11) is -3.38. The number of ether oxygens (including phenoxy) is 1. The Morgan fingerprint density at radius 3 is 2.62 bits per heavy atom. The quantitative estimate of drug-likeness (QED) is 0.791. The minimum Gasteiger partial charge on any atom is -0.372 e. The van der Waals surface area contributed by atoms with Gasteiger partial charge in [-0.3, -0.25) is 5.10 Å². The molecule has 0 aromatic carbocycles. The second-order valence-corrected chi connectivity index (χ2v) is 6.15. The molecule has 1 aromatic heterocycles. The van der Waals surface area contributed by atoms with Crippen LogP contribution in [0.4, 0.5) is 0 Å². The molecule has 3 rings (SSSR count). The first-order valence-electron chi connectivity index (χ1n) is 5.30. The number of fused-ring (bicyclic) bond motifs is 2. The minimum absolute atomic E-state index is 0.0698. The largest absolute Gasteiger partial charge is 0.372 e. The molecule has 1 aromatic rings. The van der Waals surface area contributed by atoms with E-state index >= 15 is 0 Å². The first kappa shape index (κ1) is 10.2. The van der Waals surface area contributed by atoms with Crippen LogP contribution < -0.4 is 0 Å². The fourth-order valence-electron chi connectivity index (χ4n) is 2.30. The van der Waals surface area contributed by atoms with Crippen LogP contribution in [-0.2, 0) is 14.8 Å². The summed E-state index contributed by atoms with van der Waals surface area (Å²) in [5.41, 5.74) is 0. The summed E-state index contributed by atoms with van der Waals surface area (Å²) in [6.45, 7) is 0.925. The van der Waals surface area contributed by atoms with Gasteiger partial charge in [-0.25, -0.2) is 8.42 Å². The number of aromatic nitrogens is 2. The number of nitrogens with zero attached hydrogens (tertiary/aromatic N) is 2. The number of sulfonamides is 1. The zero-order valence-electron chi connectivity index (χ0n) is 8.67. The Hall–Kier alpha value is -0.920. The summed E-state index contributed by atoms with van der Waals surface area (Å²) in [5.74, 6) is 0. The number of morpholine rings is 1. The van der Waals surface area contributed by atoms with Crippen molar-refractivity contribution in [3.05, 3.63) is 12.4 Å². The molecule has 2 aliphatic rings. The number of nitrogens with one attached hydrogen (secondary N) is 1. The maximum atomic E-state index is 12.2. The van der Waals surface area contributed by atoms with Crippen molar-refractivity contribution >= 4 is 10.0 Å². The highest BCUT2D eigenvalue weighted by atomic mass is 32.2. The van der Waals surface area contributed by atoms with Crippen molar-refractivity contribution in [1.82, 2.24) is 14.5 Å². The SMILES string of the molecule is O=S(=O)(c1cn[nH]c1)N1CC2CCC(C1)O2. The molecule has 6 nitrogen and oxygen atoms in total. The number of H-pyrrole nitrogens is 1. The third kappa shape index (κ3) is 1.55. The summed E-state index contributed by atoms with van der Waals surface area (Å²) < 4.78 is 31.5. The van der Waals surface area contributed by atoms with Gasteiger partial charge in [-0.1, -0.05) is 0 Å². The average molecular weight is 243 g/mol. The van der Waals surface area contributed by atoms with Crippen molar-refractivity contribution in [1.29, 1.82) is 0 Å². The average Bonchev–Trinajstić information content (AvgIpc) is 2.88. The second kappa shape index (κ2) is 3.54. The highest BCUT2D eigenvalue weighted by molar-refractivity contribution is 7.89. The number of rotatable bonds is 2. The summed E-state index contributed by atoms with van der Waals surface area (Å²) in [6, 6.07) is 0. The molecular weight excluding hydrogens is 230 g/mol. The van der Waals surface area contributed by atoms with Gasteiger partial charge in [0, 0.05) is 19.3 Å². The molecule has 0 amide bonds. The van der Waals surface area contributed by atoms with E-state index in [1.807, 2.05) is 0 Å². The Morgan fingerprint density at radius 1 is 1.38 bits per heavy atom. The smallest absolute Gasteiger partial charge is 0.246 e. The lowest BCUT2D eigenvalue weighted by molar-refractivity contribution is -0.0114. The second-order valence-electron chi connectivity index (χ2n) is 4.21. The van der Waals surface area contributed by atoms with E-state index in [2.05, 4.69) is 10.2 Å². The molecule has 0 aliphatic carbocycles. The van der Waals surface area contributed by atoms with Crippen molar-refractivity contribution in [3.8, 4) is 0 Å². The molecule has 2 saturated heterocycles. The van der Waals surface area contributed by atoms with Crippen LogP contribution in [0.5, 0.6) is 0 Å². The minimum atomic E-state index is -3.38. The number of hydrogen-bond donors (Lipinski definition) is 1. The summed E-state index contributed by atoms with van der Waals surface area (Å²) in [4.78, 5) is 0.230. The standard InChI is InChI=1S/C9H13N3O3S/c13-16(14,9-3-10-11-4-9)12-5-7-1-2-8(6-12)15-7/h3-4,7-8H,1-2,5-6H2,(H,10,11). The normalized spacial score (nSPS) is 30.8. The fourth-order valence-corrected chi connectivity index (χ4v) is 3.71. The van der Waals surface area contributed by atoms with E-state index in [0.29, 0.717) is 13.1 Å². The van der Waals surface area contributed by atoms with Gasteiger partial charge in [-0.15, -0.1) is 0 Å². The summed E-state index contributed by atoms with van der Waals surface area (Å²) in [5, 5.41) is 6.20. The lowest BCUT2D eigenvalue weighted by Gasteiger charge is -2.30. The third-order valence-electron chi connectivity index (χ3n) is 3.12. The van der Waals surface area contributed by atoms with Crippen LogP contribution in [0.25, 0.3) is 0 Å². The lowest BCUT2D eigenvalue weighted by Crippen LogP contribution is -2.45. The van der Waals surface area contributed by atoms with Crippen LogP contribution >= 0.6 is 0 Å². The molecule has 0 saturated carbocycles. The van der Waals surface area contributed by atoms with E-state index in [-0.39, 0.29) is 17.1 Å². The number of aromatic amines is 1. The van der Waals surface area contributed by atoms with E-state index in [4.69, 9.17) is 4.74 Å². The topological polar surface area (TPSA) is 75.3 Å². The van der Waals surface area contributed by atoms with Crippen LogP contribution in [0.1, 0.15) is 12.8 Å². The highest BCUT2D eigenvalue weighted by Gasteiger charge is 2.39. The Kier molecular flexibility index (Phi) is 2.27. The fraction of sp³-hybridized carbons (Fsp3) is 0.667. The van der Waals surface area contributed by atoms with Crippen molar-refractivity contribution in [3.63, 3.8) is 0 Å². The van der Waals surface area contributed by atoms with Crippen LogP contribution in [0.2, 0.25) is 0 Å². The van der Waals surface area contributed by atoms with Crippen LogP contribution in [-0.4, -0.2) is 48.2 Å². The van der Waals surface area contributed by atoms with E-state index < -0.39 is 10.0 Å². The predicted molar refractivity (Wildman–Crippen MR) is 55.2 cm³/mol. The van der Waals surface area contributed by atoms with Gasteiger partial charge in [0.25, 0.3) is 0 Å². The Labute approximate surface area is 93.6 Å². The zero-order valence-corrected chi connectivity index (χ0v) is 9.48. The van der Waals surface area contributed by atoms with Crippen molar-refractivity contribution in [2.75, 3.05) is 13.1 Å². The molecular formula is C9H13N3O3S. The van der Waals surface area contributed by atoms with Gasteiger partial charge in [-0.05, 0) is 12.8 Å². The molecule has 2 atom stereocenters. The molecule has 0 spiro atoms. The molecule has 2 fully saturated rings. The Morgan fingerprint density at radius 2 is 2.06 bits per heavy atom. The van der Waals surface area contributed by atoms with Gasteiger partial charge in [-0.2, -0.15) is 9.40 Å². The van der Waals surface area contributed by atoms with Crippen LogP contribution in [0.15, 0.2) is 17.3 Å². The molecule has 3 heterocycles. The predicted octanol–water partition coefficient (Wildman–Crippen LogP) is -0.0384. The molecule has 0 radical (unpaired) electrons. The van der Waals surface area contributed by atoms with E-state index in [0.717, 1.165) is 12.8 Å². The zero-order chi connectivity index (χ0) is 11.2.